The van der Waals surface area contributed by atoms with E-state index in [0.29, 0.717) is 0 Å². The number of hydrogen-bond acceptors (Lipinski definition) is 0. The van der Waals surface area contributed by atoms with Gasteiger partial charge in [-0.05, 0) is 100 Å². The van der Waals surface area contributed by atoms with Crippen molar-refractivity contribution < 1.29 is 41.3 Å². The van der Waals surface area contributed by atoms with Crippen LogP contribution in [0.25, 0.3) is 60.9 Å². The summed E-state index contributed by atoms with van der Waals surface area (Å²) in [5, 5.41) is 2.42. The van der Waals surface area contributed by atoms with Crippen LogP contribution in [0.4, 0.5) is 8.78 Å². The number of nitrogens with zero attached hydrogens (tertiary/aromatic N) is 1. The summed E-state index contributed by atoms with van der Waals surface area (Å²) >= 11 is 10.5. The Morgan fingerprint density at radius 1 is 0.393 bits per heavy atom. The number of halogens is 5. The van der Waals surface area contributed by atoms with Gasteiger partial charge in [-0.25, -0.2) is 8.78 Å². The van der Waals surface area contributed by atoms with Crippen LogP contribution in [0.5, 0.6) is 0 Å². The molecule has 274 valence electrons. The van der Waals surface area contributed by atoms with Gasteiger partial charge in [0, 0.05) is 67.9 Å². The van der Waals surface area contributed by atoms with Gasteiger partial charge in [0.2, 0.25) is 0 Å². The van der Waals surface area contributed by atoms with Gasteiger partial charge >= 0.3 is 0 Å². The van der Waals surface area contributed by atoms with Crippen LogP contribution < -0.4 is 0 Å². The fourth-order valence-corrected chi connectivity index (χ4v) is 8.66. The third kappa shape index (κ3) is 8.30. The maximum atomic E-state index is 14.0. The maximum Gasteiger partial charge on any atom is 0.123 e. The van der Waals surface area contributed by atoms with Crippen LogP contribution in [0.3, 0.4) is 0 Å². The number of fused-ring (bicyclic) bond motifs is 6. The summed E-state index contributed by atoms with van der Waals surface area (Å²) < 4.78 is 32.1. The van der Waals surface area contributed by atoms with Crippen LogP contribution in [-0.4, -0.2) is 4.57 Å². The first-order valence-corrected chi connectivity index (χ1v) is 20.1. The molecule has 0 bridgehead atoms. The van der Waals surface area contributed by atoms with E-state index >= 15 is 0 Å². The average molecular weight is 1150 g/mol. The Balaban J connectivity index is 0.000000155. The maximum absolute atomic E-state index is 14.0. The number of rotatable bonds is 3. The van der Waals surface area contributed by atoms with Crippen LogP contribution in [0.1, 0.15) is 12.6 Å². The molecule has 0 N–H and O–H groups in total. The van der Waals surface area contributed by atoms with Crippen LogP contribution in [0.15, 0.2) is 195 Å². The van der Waals surface area contributed by atoms with E-state index in [-0.39, 0.29) is 44.2 Å². The first kappa shape index (κ1) is 40.1. The van der Waals surface area contributed by atoms with Crippen molar-refractivity contribution in [3.63, 3.8) is 0 Å². The minimum absolute atomic E-state index is 0. The number of aromatic nitrogens is 1. The molecule has 8 aromatic carbocycles. The van der Waals surface area contributed by atoms with E-state index < -0.39 is 0 Å². The van der Waals surface area contributed by atoms with Crippen LogP contribution >= 0.6 is 47.8 Å². The second-order valence-corrected chi connectivity index (χ2v) is 15.7. The smallest absolute Gasteiger partial charge is 0.123 e. The standard InChI is InChI=1S/C24H15BrFN.C13H10.C12H7Br2F.U.H2/c25-21-14-13-16(26)15-20(21)19-9-3-6-12-24(19)27-22-10-4-1-7-17(22)18-8-2-5-11-23(18)27;1-3-7-12-10(5-1)9-11-6-2-4-8-13(11)12;13-11-4-2-1-3-9(11)10-7-8(15)5-6-12(10)14;;/h1-15H;1-8H,9H2;1-7H;;1H/i;;;;1+2. The molecule has 7 heteroatoms. The van der Waals surface area contributed by atoms with Gasteiger partial charge in [-0.3, -0.25) is 0 Å². The molecule has 56 heavy (non-hydrogen) atoms. The number of para-hydroxylation sites is 3. The molecule has 1 aliphatic rings. The fraction of sp³-hybridized carbons (Fsp3) is 0.0204. The van der Waals surface area contributed by atoms with E-state index in [4.69, 9.17) is 0 Å². The molecule has 0 atom stereocenters. The Kier molecular flexibility index (Phi) is 12.9. The Morgan fingerprint density at radius 3 is 1.32 bits per heavy atom. The molecule has 0 saturated heterocycles. The fourth-order valence-electron chi connectivity index (χ4n) is 7.25. The van der Waals surface area contributed by atoms with Gasteiger partial charge < -0.3 is 4.57 Å². The van der Waals surface area contributed by atoms with Crippen molar-refractivity contribution in [3.05, 3.63) is 218 Å². The summed E-state index contributed by atoms with van der Waals surface area (Å²) in [6, 6.07) is 59.5. The number of hydrogen-bond donors (Lipinski definition) is 0. The third-order valence-corrected chi connectivity index (χ3v) is 11.8. The number of benzene rings is 8. The zero-order chi connectivity index (χ0) is 37.9. The molecule has 1 aliphatic carbocycles. The molecule has 0 radical (unpaired) electrons. The molecule has 1 heterocycles. The van der Waals surface area contributed by atoms with Crippen LogP contribution in [-0.2, 0) is 6.42 Å². The van der Waals surface area contributed by atoms with Crippen LogP contribution in [0.2, 0.25) is 0 Å². The molecule has 10 rings (SSSR count). The summed E-state index contributed by atoms with van der Waals surface area (Å²) in [5.74, 6) is -0.478. The van der Waals surface area contributed by atoms with E-state index in [1.165, 1.54) is 51.2 Å². The molecule has 1 nitrogen and oxygen atoms in total. The van der Waals surface area contributed by atoms with Gasteiger partial charge in [-0.1, -0.05) is 169 Å². The van der Waals surface area contributed by atoms with Gasteiger partial charge in [0.05, 0.1) is 16.7 Å². The van der Waals surface area contributed by atoms with Crippen molar-refractivity contribution in [2.75, 3.05) is 0 Å². The first-order valence-electron chi connectivity index (χ1n) is 17.8. The summed E-state index contributed by atoms with van der Waals surface area (Å²) in [7, 11) is 0. The molecule has 0 fully saturated rings. The summed E-state index contributed by atoms with van der Waals surface area (Å²) in [5.41, 5.74) is 12.7. The predicted octanol–water partition coefficient (Wildman–Crippen LogP) is 15.9. The van der Waals surface area contributed by atoms with Crippen molar-refractivity contribution in [3.8, 4) is 39.1 Å². The Morgan fingerprint density at radius 2 is 0.786 bits per heavy atom. The van der Waals surface area contributed by atoms with Crippen molar-refractivity contribution in [2.24, 2.45) is 0 Å². The Hall–Kier alpha value is -4.09. The quantitative estimate of drug-likeness (QED) is 0.166. The zero-order valence-electron chi connectivity index (χ0n) is 29.9. The Labute approximate surface area is 375 Å². The molecular formula is C49H34Br3F2NU. The van der Waals surface area contributed by atoms with Gasteiger partial charge in [0.1, 0.15) is 11.6 Å². The summed E-state index contributed by atoms with van der Waals surface area (Å²) in [4.78, 5) is 0. The molecule has 1 aromatic heterocycles. The minimum atomic E-state index is -0.245. The second-order valence-electron chi connectivity index (χ2n) is 13.1. The first-order chi connectivity index (χ1) is 26.9. The van der Waals surface area contributed by atoms with Crippen molar-refractivity contribution in [1.82, 2.24) is 4.57 Å². The van der Waals surface area contributed by atoms with Gasteiger partial charge in [-0.2, -0.15) is 0 Å². The Bertz CT molecular complexity index is 2740. The largest absolute Gasteiger partial charge is 0.309 e. The zero-order valence-corrected chi connectivity index (χ0v) is 38.8. The average Bonchev–Trinajstić information content (AvgIpc) is 3.77. The van der Waals surface area contributed by atoms with Crippen molar-refractivity contribution >= 4 is 69.6 Å². The second kappa shape index (κ2) is 18.0. The van der Waals surface area contributed by atoms with Crippen molar-refractivity contribution in [2.45, 2.75) is 6.42 Å². The molecular weight excluding hydrogens is 1120 g/mol. The SMILES string of the molecule is Fc1ccc(Br)c(-c2ccccc2-n2c3ccccc3c3ccccc32)c1.Fc1ccc(Br)c(-c2ccccc2Br)c1.[3HH].[U].c1ccc2c(c1)Cc1ccccc1-2. The van der Waals surface area contributed by atoms with E-state index in [9.17, 15) is 8.78 Å². The molecule has 0 spiro atoms. The van der Waals surface area contributed by atoms with Gasteiger partial charge in [-0.15, -0.1) is 0 Å². The van der Waals surface area contributed by atoms with E-state index in [1.807, 2.05) is 42.5 Å². The summed E-state index contributed by atoms with van der Waals surface area (Å²) in [6.45, 7) is 0. The van der Waals surface area contributed by atoms with E-state index in [0.717, 1.165) is 58.8 Å². The monoisotopic (exact) mass is 1150 g/mol. The van der Waals surface area contributed by atoms with E-state index in [2.05, 4.69) is 155 Å². The molecule has 0 amide bonds. The van der Waals surface area contributed by atoms with Gasteiger partial charge in [0.25, 0.3) is 0 Å². The molecule has 9 aromatic rings. The summed E-state index contributed by atoms with van der Waals surface area (Å²) in [6.07, 6.45) is 1.10. The van der Waals surface area contributed by atoms with Crippen LogP contribution in [0, 0.1) is 42.7 Å². The van der Waals surface area contributed by atoms with Gasteiger partial charge in [0.15, 0.2) is 0 Å². The molecule has 0 unspecified atom stereocenters. The van der Waals surface area contributed by atoms with E-state index in [1.54, 1.807) is 18.2 Å². The minimum Gasteiger partial charge on any atom is -0.309 e. The predicted molar refractivity (Wildman–Crippen MR) is 238 cm³/mol. The topological polar surface area (TPSA) is 4.93 Å². The third-order valence-electron chi connectivity index (χ3n) is 9.74. The molecule has 0 saturated carbocycles. The normalized spacial score (nSPS) is 11.1. The molecule has 0 aliphatic heterocycles. The van der Waals surface area contributed by atoms with Crippen molar-refractivity contribution in [1.29, 1.82) is 0 Å².